The van der Waals surface area contributed by atoms with Crippen LogP contribution >= 0.6 is 23.1 Å². The molecule has 0 saturated carbocycles. The molecule has 3 rings (SSSR count). The van der Waals surface area contributed by atoms with Crippen molar-refractivity contribution in [1.82, 2.24) is 10.2 Å². The molecule has 0 amide bonds. The molecule has 2 heterocycles. The first-order valence-corrected chi connectivity index (χ1v) is 7.22. The molecule has 2 nitrogen and oxygen atoms in total. The second-order valence-corrected chi connectivity index (χ2v) is 5.98. The molecule has 2 aromatic heterocycles. The van der Waals surface area contributed by atoms with E-state index in [9.17, 15) is 0 Å². The summed E-state index contributed by atoms with van der Waals surface area (Å²) in [4.78, 5) is 0. The zero-order chi connectivity index (χ0) is 11.0. The van der Waals surface area contributed by atoms with Crippen LogP contribution in [0.4, 0.5) is 0 Å². The highest BCUT2D eigenvalue weighted by atomic mass is 32.2. The molecule has 0 unspecified atom stereocenters. The minimum atomic E-state index is 1.18. The first-order valence-electron chi connectivity index (χ1n) is 5.36. The number of hydrogen-bond donors (Lipinski definition) is 1. The van der Waals surface area contributed by atoms with Crippen molar-refractivity contribution in [2.45, 2.75) is 17.6 Å². The molecule has 0 bridgehead atoms. The first kappa shape index (κ1) is 10.2. The molecule has 82 valence electrons. The summed E-state index contributed by atoms with van der Waals surface area (Å²) in [5.41, 5.74) is 1.18. The Balaban J connectivity index is 2.24. The molecule has 0 aliphatic heterocycles. The minimum Gasteiger partial charge on any atom is -0.277 e. The molecule has 0 aliphatic carbocycles. The van der Waals surface area contributed by atoms with E-state index in [2.05, 4.69) is 34.6 Å². The second kappa shape index (κ2) is 4.11. The van der Waals surface area contributed by atoms with Crippen LogP contribution in [0.3, 0.4) is 0 Å². The van der Waals surface area contributed by atoms with E-state index in [-0.39, 0.29) is 0 Å². The van der Waals surface area contributed by atoms with Gasteiger partial charge in [-0.05, 0) is 22.9 Å². The van der Waals surface area contributed by atoms with Crippen molar-refractivity contribution in [3.63, 3.8) is 0 Å². The summed E-state index contributed by atoms with van der Waals surface area (Å²) in [5, 5.41) is 13.3. The Labute approximate surface area is 102 Å². The number of benzene rings is 1. The molecular weight excluding hydrogens is 236 g/mol. The Kier molecular flexibility index (Phi) is 2.61. The van der Waals surface area contributed by atoms with Crippen LogP contribution in [-0.4, -0.2) is 16.0 Å². The summed E-state index contributed by atoms with van der Waals surface area (Å²) in [6, 6.07) is 4.31. The smallest absolute Gasteiger partial charge is 0.0748 e. The van der Waals surface area contributed by atoms with Crippen molar-refractivity contribution in [3.8, 4) is 0 Å². The van der Waals surface area contributed by atoms with Crippen molar-refractivity contribution < 1.29 is 0 Å². The predicted molar refractivity (Wildman–Crippen MR) is 72.5 cm³/mol. The van der Waals surface area contributed by atoms with E-state index in [4.69, 9.17) is 0 Å². The van der Waals surface area contributed by atoms with Crippen LogP contribution in [0, 0.1) is 0 Å². The fourth-order valence-corrected chi connectivity index (χ4v) is 4.01. The summed E-state index contributed by atoms with van der Waals surface area (Å²) in [6.07, 6.45) is 3.10. The first-order chi connectivity index (χ1) is 7.90. The van der Waals surface area contributed by atoms with Gasteiger partial charge in [0.2, 0.25) is 0 Å². The standard InChI is InChI=1S/C12H12N2S2/c1-2-5-15-12-10-9(7-16-12)4-3-8-6-13-14-11(8)10/h3-4,6-7H,2,5H2,1H3,(H,13,14). The average molecular weight is 248 g/mol. The Bertz CT molecular complexity index is 624. The van der Waals surface area contributed by atoms with Crippen molar-refractivity contribution in [2.75, 3.05) is 5.75 Å². The summed E-state index contributed by atoms with van der Waals surface area (Å²) >= 11 is 3.78. The quantitative estimate of drug-likeness (QED) is 0.701. The molecule has 1 aromatic carbocycles. The topological polar surface area (TPSA) is 28.7 Å². The molecule has 0 aliphatic rings. The summed E-state index contributed by atoms with van der Waals surface area (Å²) in [6.45, 7) is 2.22. The molecule has 3 aromatic rings. The normalized spacial score (nSPS) is 11.6. The highest BCUT2D eigenvalue weighted by Crippen LogP contribution is 2.38. The SMILES string of the molecule is CCCSc1scc2ccc3cn[nH]c3c12. The molecular formula is C12H12N2S2. The Morgan fingerprint density at radius 3 is 3.12 bits per heavy atom. The summed E-state index contributed by atoms with van der Waals surface area (Å²) in [5.74, 6) is 1.18. The lowest BCUT2D eigenvalue weighted by molar-refractivity contribution is 1.11. The Morgan fingerprint density at radius 2 is 2.25 bits per heavy atom. The Hall–Kier alpha value is -1.00. The van der Waals surface area contributed by atoms with Gasteiger partial charge < -0.3 is 0 Å². The minimum absolute atomic E-state index is 1.18. The number of H-pyrrole nitrogens is 1. The van der Waals surface area contributed by atoms with Crippen molar-refractivity contribution >= 4 is 44.8 Å². The number of nitrogens with zero attached hydrogens (tertiary/aromatic N) is 1. The highest BCUT2D eigenvalue weighted by Gasteiger charge is 2.09. The number of fused-ring (bicyclic) bond motifs is 3. The van der Waals surface area contributed by atoms with Gasteiger partial charge in [-0.15, -0.1) is 23.1 Å². The molecule has 0 saturated heterocycles. The second-order valence-electron chi connectivity index (χ2n) is 3.74. The predicted octanol–water partition coefficient (Wildman–Crippen LogP) is 4.28. The van der Waals surface area contributed by atoms with Gasteiger partial charge in [0.1, 0.15) is 0 Å². The average Bonchev–Trinajstić information content (AvgIpc) is 2.91. The molecule has 0 spiro atoms. The number of aromatic amines is 1. The van der Waals surface area contributed by atoms with Crippen molar-refractivity contribution in [2.24, 2.45) is 0 Å². The van der Waals surface area contributed by atoms with E-state index in [1.807, 2.05) is 29.3 Å². The molecule has 0 radical (unpaired) electrons. The third-order valence-corrected chi connectivity index (χ3v) is 5.10. The zero-order valence-corrected chi connectivity index (χ0v) is 10.6. The number of nitrogens with one attached hydrogen (secondary N) is 1. The number of thioether (sulfide) groups is 1. The number of aromatic nitrogens is 2. The number of thiophene rings is 1. The maximum atomic E-state index is 4.12. The molecule has 4 heteroatoms. The van der Waals surface area contributed by atoms with Crippen LogP contribution in [0.2, 0.25) is 0 Å². The summed E-state index contributed by atoms with van der Waals surface area (Å²) < 4.78 is 1.41. The number of rotatable bonds is 3. The fourth-order valence-electron chi connectivity index (χ4n) is 1.82. The van der Waals surface area contributed by atoms with Gasteiger partial charge in [0.15, 0.2) is 0 Å². The monoisotopic (exact) mass is 248 g/mol. The molecule has 16 heavy (non-hydrogen) atoms. The van der Waals surface area contributed by atoms with Crippen LogP contribution in [0.5, 0.6) is 0 Å². The van der Waals surface area contributed by atoms with Crippen LogP contribution in [0.25, 0.3) is 21.7 Å². The van der Waals surface area contributed by atoms with Crippen LogP contribution in [0.15, 0.2) is 27.9 Å². The van der Waals surface area contributed by atoms with Crippen LogP contribution < -0.4 is 0 Å². The third kappa shape index (κ3) is 1.53. The van der Waals surface area contributed by atoms with E-state index >= 15 is 0 Å². The van der Waals surface area contributed by atoms with E-state index < -0.39 is 0 Å². The largest absolute Gasteiger partial charge is 0.277 e. The van der Waals surface area contributed by atoms with E-state index in [0.717, 1.165) is 0 Å². The van der Waals surface area contributed by atoms with Gasteiger partial charge in [-0.3, -0.25) is 5.10 Å². The number of hydrogen-bond acceptors (Lipinski definition) is 3. The van der Waals surface area contributed by atoms with Gasteiger partial charge in [-0.25, -0.2) is 0 Å². The lowest BCUT2D eigenvalue weighted by atomic mass is 10.1. The fraction of sp³-hybridized carbons (Fsp3) is 0.250. The highest BCUT2D eigenvalue weighted by molar-refractivity contribution is 8.01. The van der Waals surface area contributed by atoms with Gasteiger partial charge >= 0.3 is 0 Å². The van der Waals surface area contributed by atoms with Gasteiger partial charge in [0, 0.05) is 10.8 Å². The van der Waals surface area contributed by atoms with E-state index in [1.54, 1.807) is 0 Å². The van der Waals surface area contributed by atoms with Crippen LogP contribution in [0.1, 0.15) is 13.3 Å². The lowest BCUT2D eigenvalue weighted by Crippen LogP contribution is -1.75. The molecule has 0 fully saturated rings. The molecule has 1 N–H and O–H groups in total. The van der Waals surface area contributed by atoms with Gasteiger partial charge in [0.05, 0.1) is 15.9 Å². The van der Waals surface area contributed by atoms with Crippen LogP contribution in [-0.2, 0) is 0 Å². The third-order valence-electron chi connectivity index (χ3n) is 2.58. The zero-order valence-electron chi connectivity index (χ0n) is 8.99. The maximum Gasteiger partial charge on any atom is 0.0748 e. The maximum absolute atomic E-state index is 4.12. The van der Waals surface area contributed by atoms with E-state index in [0.29, 0.717) is 0 Å². The Morgan fingerprint density at radius 1 is 1.38 bits per heavy atom. The van der Waals surface area contributed by atoms with Gasteiger partial charge in [-0.1, -0.05) is 19.1 Å². The van der Waals surface area contributed by atoms with Gasteiger partial charge in [-0.2, -0.15) is 5.10 Å². The van der Waals surface area contributed by atoms with Gasteiger partial charge in [0.25, 0.3) is 0 Å². The summed E-state index contributed by atoms with van der Waals surface area (Å²) in [7, 11) is 0. The lowest BCUT2D eigenvalue weighted by Gasteiger charge is -1.98. The van der Waals surface area contributed by atoms with Crippen molar-refractivity contribution in [3.05, 3.63) is 23.7 Å². The van der Waals surface area contributed by atoms with E-state index in [1.165, 1.54) is 38.1 Å². The molecule has 0 atom stereocenters. The van der Waals surface area contributed by atoms with Crippen molar-refractivity contribution in [1.29, 1.82) is 0 Å².